The zero-order valence-electron chi connectivity index (χ0n) is 6.21. The zero-order chi connectivity index (χ0) is 7.71. The van der Waals surface area contributed by atoms with Gasteiger partial charge in [-0.15, -0.1) is 0 Å². The molecule has 0 saturated carbocycles. The molecule has 0 aromatic rings. The highest BCUT2D eigenvalue weighted by Crippen LogP contribution is 2.51. The molecule has 0 aromatic heterocycles. The summed E-state index contributed by atoms with van der Waals surface area (Å²) < 4.78 is 11.2. The van der Waals surface area contributed by atoms with Gasteiger partial charge in [0.05, 0.1) is 0 Å². The number of hydrogen-bond acceptors (Lipinski definition) is 3. The molecule has 0 aromatic carbocycles. The maximum Gasteiger partial charge on any atom is 0.149 e. The van der Waals surface area contributed by atoms with Crippen LogP contribution >= 0.6 is 7.14 Å². The molecule has 0 saturated heterocycles. The van der Waals surface area contributed by atoms with Gasteiger partial charge in [0, 0.05) is 0 Å². The Hall–Kier alpha value is 0.150. The molecule has 9 heavy (non-hydrogen) atoms. The normalized spacial score (nSPS) is 13.9. The standard InChI is InChI=1S/C5H13O3P/c1-5(2,8-6)9(3,4)7/h6H,1-4H3. The van der Waals surface area contributed by atoms with E-state index in [-0.39, 0.29) is 0 Å². The van der Waals surface area contributed by atoms with Crippen molar-refractivity contribution in [1.29, 1.82) is 0 Å². The molecule has 0 radical (unpaired) electrons. The fourth-order valence-electron chi connectivity index (χ4n) is 0.0983. The van der Waals surface area contributed by atoms with Crippen LogP contribution in [0.25, 0.3) is 0 Å². The van der Waals surface area contributed by atoms with Crippen LogP contribution in [0, 0.1) is 0 Å². The van der Waals surface area contributed by atoms with Gasteiger partial charge in [-0.25, -0.2) is 4.89 Å². The predicted octanol–water partition coefficient (Wildman–Crippen LogP) is 1.83. The monoisotopic (exact) mass is 152 g/mol. The molecule has 0 aliphatic carbocycles. The van der Waals surface area contributed by atoms with Gasteiger partial charge in [0.2, 0.25) is 0 Å². The van der Waals surface area contributed by atoms with Crippen LogP contribution in [0.3, 0.4) is 0 Å². The molecule has 0 unspecified atom stereocenters. The van der Waals surface area contributed by atoms with Crippen LogP contribution in [0.1, 0.15) is 13.8 Å². The molecule has 1 N–H and O–H groups in total. The van der Waals surface area contributed by atoms with Crippen molar-refractivity contribution < 1.29 is 14.7 Å². The molecule has 4 heteroatoms. The van der Waals surface area contributed by atoms with Crippen molar-refractivity contribution in [1.82, 2.24) is 0 Å². The lowest BCUT2D eigenvalue weighted by molar-refractivity contribution is -0.285. The van der Waals surface area contributed by atoms with Gasteiger partial charge in [-0.2, -0.15) is 0 Å². The van der Waals surface area contributed by atoms with Gasteiger partial charge in [0.1, 0.15) is 12.5 Å². The minimum atomic E-state index is -2.34. The van der Waals surface area contributed by atoms with Crippen LogP contribution < -0.4 is 0 Å². The second kappa shape index (κ2) is 2.41. The molecular formula is C5H13O3P. The third-order valence-electron chi connectivity index (χ3n) is 1.52. The molecule has 56 valence electrons. The summed E-state index contributed by atoms with van der Waals surface area (Å²) in [7, 11) is -2.34. The van der Waals surface area contributed by atoms with E-state index in [1.54, 1.807) is 27.2 Å². The lowest BCUT2D eigenvalue weighted by Crippen LogP contribution is -2.21. The topological polar surface area (TPSA) is 46.5 Å². The Morgan fingerprint density at radius 1 is 1.44 bits per heavy atom. The molecule has 0 fully saturated rings. The Balaban J connectivity index is 4.34. The molecule has 0 atom stereocenters. The molecule has 0 rings (SSSR count). The highest BCUT2D eigenvalue weighted by atomic mass is 31.2. The molecule has 3 nitrogen and oxygen atoms in total. The molecule has 0 amide bonds. The van der Waals surface area contributed by atoms with Crippen LogP contribution in [-0.4, -0.2) is 23.9 Å². The summed E-state index contributed by atoms with van der Waals surface area (Å²) >= 11 is 0. The first-order valence-corrected chi connectivity index (χ1v) is 5.29. The summed E-state index contributed by atoms with van der Waals surface area (Å²) in [4.78, 5) is 4.04. The van der Waals surface area contributed by atoms with E-state index in [2.05, 4.69) is 4.89 Å². The van der Waals surface area contributed by atoms with E-state index >= 15 is 0 Å². The molecule has 0 bridgehead atoms. The van der Waals surface area contributed by atoms with Crippen LogP contribution in [0.2, 0.25) is 0 Å². The molecule has 0 aliphatic rings. The first kappa shape index (κ1) is 9.15. The quantitative estimate of drug-likeness (QED) is 0.373. The molecule has 0 aliphatic heterocycles. The lowest BCUT2D eigenvalue weighted by atomic mass is 10.5. The smallest absolute Gasteiger partial charge is 0.149 e. The van der Waals surface area contributed by atoms with E-state index in [4.69, 9.17) is 5.26 Å². The average molecular weight is 152 g/mol. The van der Waals surface area contributed by atoms with E-state index in [0.29, 0.717) is 0 Å². The summed E-state index contributed by atoms with van der Waals surface area (Å²) in [5.41, 5.74) is 0. The Labute approximate surface area is 55.3 Å². The predicted molar refractivity (Wildman–Crippen MR) is 37.2 cm³/mol. The number of rotatable bonds is 2. The highest BCUT2D eigenvalue weighted by molar-refractivity contribution is 7.63. The molecular weight excluding hydrogens is 139 g/mol. The van der Waals surface area contributed by atoms with Gasteiger partial charge in [0.25, 0.3) is 0 Å². The summed E-state index contributed by atoms with van der Waals surface area (Å²) in [5.74, 6) is 0. The van der Waals surface area contributed by atoms with E-state index in [1.807, 2.05) is 0 Å². The fraction of sp³-hybridized carbons (Fsp3) is 1.00. The van der Waals surface area contributed by atoms with Crippen molar-refractivity contribution in [3.05, 3.63) is 0 Å². The second-order valence-electron chi connectivity index (χ2n) is 2.89. The maximum atomic E-state index is 11.2. The minimum absolute atomic E-state index is 0.910. The average Bonchev–Trinajstić information content (AvgIpc) is 1.64. The third kappa shape index (κ3) is 2.09. The van der Waals surface area contributed by atoms with Crippen LogP contribution in [0.4, 0.5) is 0 Å². The fourth-order valence-corrected chi connectivity index (χ4v) is 0.295. The van der Waals surface area contributed by atoms with Crippen molar-refractivity contribution in [2.75, 3.05) is 13.3 Å². The highest BCUT2D eigenvalue weighted by Gasteiger charge is 2.33. The van der Waals surface area contributed by atoms with Gasteiger partial charge in [-0.1, -0.05) is 0 Å². The van der Waals surface area contributed by atoms with Gasteiger partial charge < -0.3 is 4.57 Å². The third-order valence-corrected chi connectivity index (χ3v) is 4.20. The van der Waals surface area contributed by atoms with Crippen LogP contribution in [-0.2, 0) is 9.45 Å². The second-order valence-corrected chi connectivity index (χ2v) is 6.67. The van der Waals surface area contributed by atoms with E-state index in [0.717, 1.165) is 0 Å². The van der Waals surface area contributed by atoms with E-state index in [9.17, 15) is 4.57 Å². The van der Waals surface area contributed by atoms with Gasteiger partial charge in [0.15, 0.2) is 0 Å². The minimum Gasteiger partial charge on any atom is -0.321 e. The van der Waals surface area contributed by atoms with Gasteiger partial charge in [-0.3, -0.25) is 5.26 Å². The Kier molecular flexibility index (Phi) is 2.45. The first-order valence-electron chi connectivity index (χ1n) is 2.69. The lowest BCUT2D eigenvalue weighted by Gasteiger charge is -2.24. The molecule has 0 spiro atoms. The van der Waals surface area contributed by atoms with Crippen molar-refractivity contribution in [3.8, 4) is 0 Å². The molecule has 0 heterocycles. The number of hydrogen-bond donors (Lipinski definition) is 1. The maximum absolute atomic E-state index is 11.2. The van der Waals surface area contributed by atoms with Crippen molar-refractivity contribution in [3.63, 3.8) is 0 Å². The van der Waals surface area contributed by atoms with Crippen molar-refractivity contribution in [2.45, 2.75) is 19.2 Å². The van der Waals surface area contributed by atoms with Crippen molar-refractivity contribution >= 4 is 7.14 Å². The van der Waals surface area contributed by atoms with Crippen molar-refractivity contribution in [2.24, 2.45) is 0 Å². The largest absolute Gasteiger partial charge is 0.321 e. The Morgan fingerprint density at radius 2 is 1.78 bits per heavy atom. The summed E-state index contributed by atoms with van der Waals surface area (Å²) in [6.07, 6.45) is 0. The summed E-state index contributed by atoms with van der Waals surface area (Å²) in [6.45, 7) is 6.33. The van der Waals surface area contributed by atoms with E-state index < -0.39 is 12.5 Å². The SMILES string of the molecule is CC(C)(OO)P(C)(C)=O. The Morgan fingerprint density at radius 3 is 1.78 bits per heavy atom. The van der Waals surface area contributed by atoms with Gasteiger partial charge in [-0.05, 0) is 27.2 Å². The summed E-state index contributed by atoms with van der Waals surface area (Å²) in [5, 5.41) is 7.35. The van der Waals surface area contributed by atoms with Crippen LogP contribution in [0.15, 0.2) is 0 Å². The van der Waals surface area contributed by atoms with E-state index in [1.165, 1.54) is 0 Å². The summed E-state index contributed by atoms with van der Waals surface area (Å²) in [6, 6.07) is 0. The first-order chi connectivity index (χ1) is 3.81. The van der Waals surface area contributed by atoms with Gasteiger partial charge >= 0.3 is 0 Å². The Bertz CT molecular complexity index is 135. The van der Waals surface area contributed by atoms with Crippen LogP contribution in [0.5, 0.6) is 0 Å². The zero-order valence-corrected chi connectivity index (χ0v) is 7.11.